The molecule has 2 aromatic rings. The molecule has 0 unspecified atom stereocenters. The predicted molar refractivity (Wildman–Crippen MR) is 120 cm³/mol. The van der Waals surface area contributed by atoms with Crippen LogP contribution in [-0.4, -0.2) is 47.1 Å². The fourth-order valence-electron chi connectivity index (χ4n) is 3.64. The van der Waals surface area contributed by atoms with Gasteiger partial charge < -0.3 is 21.1 Å². The smallest absolute Gasteiger partial charge is 0.335 e. The number of rotatable bonds is 14. The number of carbonyl (C=O) groups excluding carboxylic acids is 1. The lowest BCUT2D eigenvalue weighted by molar-refractivity contribution is -0.120. The van der Waals surface area contributed by atoms with Crippen molar-refractivity contribution in [2.45, 2.75) is 50.6 Å². The molecule has 1 aliphatic carbocycles. The van der Waals surface area contributed by atoms with Gasteiger partial charge in [-0.2, -0.15) is 0 Å². The number of unbranched alkanes of at least 4 members (excludes halogenated alkanes) is 2. The molecule has 31 heavy (non-hydrogen) atoms. The van der Waals surface area contributed by atoms with Crippen molar-refractivity contribution in [2.75, 3.05) is 19.6 Å². The van der Waals surface area contributed by atoms with Gasteiger partial charge in [-0.15, -0.1) is 0 Å². The zero-order valence-corrected chi connectivity index (χ0v) is 17.9. The first-order valence-electron chi connectivity index (χ1n) is 11.0. The number of hydrogen-bond acceptors (Lipinski definition) is 5. The van der Waals surface area contributed by atoms with Crippen molar-refractivity contribution in [1.29, 1.82) is 0 Å². The second-order valence-electron chi connectivity index (χ2n) is 8.22. The lowest BCUT2D eigenvalue weighted by Crippen LogP contribution is -2.35. The van der Waals surface area contributed by atoms with Gasteiger partial charge in [-0.25, -0.2) is 4.79 Å². The standard InChI is InChI=1S/C24H32N4O3/c29-22(18-25-17-21-15-20(23(30)31)9-14-26-21)27-12-5-2-6-13-28-24(10-11-24)16-19-7-3-1-4-8-19/h1,3-4,7-9,14-15,25,28H,2,5-6,10-13,16-18H2,(H,27,29)(H,30,31). The van der Waals surface area contributed by atoms with E-state index in [1.165, 1.54) is 36.7 Å². The van der Waals surface area contributed by atoms with Gasteiger partial charge in [-0.05, 0) is 56.3 Å². The molecule has 1 heterocycles. The molecule has 166 valence electrons. The van der Waals surface area contributed by atoms with Crippen LogP contribution in [0.3, 0.4) is 0 Å². The van der Waals surface area contributed by atoms with Crippen molar-refractivity contribution in [3.63, 3.8) is 0 Å². The van der Waals surface area contributed by atoms with Crippen molar-refractivity contribution >= 4 is 11.9 Å². The van der Waals surface area contributed by atoms with Crippen LogP contribution < -0.4 is 16.0 Å². The van der Waals surface area contributed by atoms with E-state index in [1.807, 2.05) is 0 Å². The summed E-state index contributed by atoms with van der Waals surface area (Å²) < 4.78 is 0. The van der Waals surface area contributed by atoms with E-state index in [0.717, 1.165) is 32.2 Å². The monoisotopic (exact) mass is 424 g/mol. The van der Waals surface area contributed by atoms with Crippen molar-refractivity contribution in [3.05, 3.63) is 65.5 Å². The van der Waals surface area contributed by atoms with E-state index in [2.05, 4.69) is 51.3 Å². The molecule has 0 radical (unpaired) electrons. The fraction of sp³-hybridized carbons (Fsp3) is 0.458. The lowest BCUT2D eigenvalue weighted by atomic mass is 10.0. The summed E-state index contributed by atoms with van der Waals surface area (Å²) in [5.41, 5.74) is 2.49. The van der Waals surface area contributed by atoms with Crippen molar-refractivity contribution < 1.29 is 14.7 Å². The van der Waals surface area contributed by atoms with Gasteiger partial charge in [-0.3, -0.25) is 9.78 Å². The molecule has 7 nitrogen and oxygen atoms in total. The Morgan fingerprint density at radius 3 is 2.55 bits per heavy atom. The first-order valence-corrected chi connectivity index (χ1v) is 11.0. The number of aromatic nitrogens is 1. The molecule has 1 amide bonds. The molecule has 0 bridgehead atoms. The van der Waals surface area contributed by atoms with Crippen molar-refractivity contribution in [1.82, 2.24) is 20.9 Å². The quantitative estimate of drug-likeness (QED) is 0.348. The van der Waals surface area contributed by atoms with Crippen LogP contribution in [0.5, 0.6) is 0 Å². The van der Waals surface area contributed by atoms with Gasteiger partial charge in [0.1, 0.15) is 0 Å². The van der Waals surface area contributed by atoms with E-state index >= 15 is 0 Å². The number of nitrogens with one attached hydrogen (secondary N) is 3. The van der Waals surface area contributed by atoms with Crippen LogP contribution in [0.15, 0.2) is 48.7 Å². The number of hydrogen-bond donors (Lipinski definition) is 4. The molecule has 0 saturated heterocycles. The maximum Gasteiger partial charge on any atom is 0.335 e. The summed E-state index contributed by atoms with van der Waals surface area (Å²) >= 11 is 0. The largest absolute Gasteiger partial charge is 0.478 e. The van der Waals surface area contributed by atoms with E-state index in [-0.39, 0.29) is 18.0 Å². The van der Waals surface area contributed by atoms with Crippen LogP contribution in [0, 0.1) is 0 Å². The topological polar surface area (TPSA) is 103 Å². The van der Waals surface area contributed by atoms with E-state index < -0.39 is 5.97 Å². The zero-order chi connectivity index (χ0) is 21.9. The Morgan fingerprint density at radius 2 is 1.81 bits per heavy atom. The summed E-state index contributed by atoms with van der Waals surface area (Å²) in [5, 5.41) is 18.6. The summed E-state index contributed by atoms with van der Waals surface area (Å²) in [7, 11) is 0. The minimum absolute atomic E-state index is 0.0627. The second-order valence-corrected chi connectivity index (χ2v) is 8.22. The van der Waals surface area contributed by atoms with Gasteiger partial charge in [0.05, 0.1) is 17.8 Å². The Balaban J connectivity index is 1.19. The van der Waals surface area contributed by atoms with Crippen molar-refractivity contribution in [3.8, 4) is 0 Å². The summed E-state index contributed by atoms with van der Waals surface area (Å²) in [4.78, 5) is 27.0. The van der Waals surface area contributed by atoms with Crippen LogP contribution in [-0.2, 0) is 17.8 Å². The molecule has 1 aromatic carbocycles. The number of nitrogens with zero attached hydrogens (tertiary/aromatic N) is 1. The highest BCUT2D eigenvalue weighted by molar-refractivity contribution is 5.87. The number of carboxylic acid groups (broad SMARTS) is 1. The number of carbonyl (C=O) groups is 2. The Morgan fingerprint density at radius 1 is 1.03 bits per heavy atom. The Bertz CT molecular complexity index is 853. The highest BCUT2D eigenvalue weighted by Gasteiger charge is 2.41. The molecular weight excluding hydrogens is 392 g/mol. The minimum atomic E-state index is -0.986. The van der Waals surface area contributed by atoms with Gasteiger partial charge in [-0.1, -0.05) is 36.8 Å². The van der Waals surface area contributed by atoms with Gasteiger partial charge in [0.25, 0.3) is 0 Å². The Labute approximate surface area is 183 Å². The van der Waals surface area contributed by atoms with Gasteiger partial charge in [0.15, 0.2) is 0 Å². The predicted octanol–water partition coefficient (Wildman–Crippen LogP) is 2.52. The Hall–Kier alpha value is -2.77. The van der Waals surface area contributed by atoms with E-state index in [9.17, 15) is 9.59 Å². The number of pyridine rings is 1. The van der Waals surface area contributed by atoms with Crippen LogP contribution >= 0.6 is 0 Å². The third kappa shape index (κ3) is 8.11. The summed E-state index contributed by atoms with van der Waals surface area (Å²) in [6, 6.07) is 13.6. The van der Waals surface area contributed by atoms with Gasteiger partial charge >= 0.3 is 5.97 Å². The summed E-state index contributed by atoms with van der Waals surface area (Å²) in [6.45, 7) is 2.22. The molecule has 7 heteroatoms. The molecule has 1 aromatic heterocycles. The highest BCUT2D eigenvalue weighted by Crippen LogP contribution is 2.38. The number of benzene rings is 1. The molecule has 0 atom stereocenters. The second kappa shape index (κ2) is 11.6. The molecule has 0 aliphatic heterocycles. The molecular formula is C24H32N4O3. The van der Waals surface area contributed by atoms with Crippen molar-refractivity contribution in [2.24, 2.45) is 0 Å². The van der Waals surface area contributed by atoms with Crippen LogP contribution in [0.2, 0.25) is 0 Å². The third-order valence-corrected chi connectivity index (χ3v) is 5.57. The average Bonchev–Trinajstić information content (AvgIpc) is 3.53. The highest BCUT2D eigenvalue weighted by atomic mass is 16.4. The Kier molecular flexibility index (Phi) is 8.55. The van der Waals surface area contributed by atoms with E-state index in [1.54, 1.807) is 0 Å². The summed E-state index contributed by atoms with van der Waals surface area (Å²) in [5.74, 6) is -1.05. The van der Waals surface area contributed by atoms with Crippen LogP contribution in [0.25, 0.3) is 0 Å². The summed E-state index contributed by atoms with van der Waals surface area (Å²) in [6.07, 6.45) is 8.21. The van der Waals surface area contributed by atoms with E-state index in [4.69, 9.17) is 5.11 Å². The molecule has 1 saturated carbocycles. The average molecular weight is 425 g/mol. The van der Waals surface area contributed by atoms with Gasteiger partial charge in [0.2, 0.25) is 5.91 Å². The SMILES string of the molecule is O=C(CNCc1cc(C(=O)O)ccn1)NCCCCCNC1(Cc2ccccc2)CC1. The minimum Gasteiger partial charge on any atom is -0.478 e. The molecule has 1 fully saturated rings. The molecule has 1 aliphatic rings. The zero-order valence-electron chi connectivity index (χ0n) is 17.9. The lowest BCUT2D eigenvalue weighted by Gasteiger charge is -2.17. The third-order valence-electron chi connectivity index (χ3n) is 5.57. The number of carboxylic acids is 1. The van der Waals surface area contributed by atoms with Gasteiger partial charge in [0, 0.05) is 24.8 Å². The molecule has 0 spiro atoms. The first kappa shape index (κ1) is 22.9. The van der Waals surface area contributed by atoms with Crippen LogP contribution in [0.4, 0.5) is 0 Å². The maximum atomic E-state index is 11.9. The van der Waals surface area contributed by atoms with E-state index in [0.29, 0.717) is 24.3 Å². The first-order chi connectivity index (χ1) is 15.1. The maximum absolute atomic E-state index is 11.9. The molecule has 4 N–H and O–H groups in total. The van der Waals surface area contributed by atoms with Crippen LogP contribution in [0.1, 0.15) is 53.7 Å². The fourth-order valence-corrected chi connectivity index (χ4v) is 3.64. The number of amides is 1. The number of aromatic carboxylic acids is 1. The normalized spacial score (nSPS) is 14.2. The molecule has 3 rings (SSSR count).